The maximum Gasteiger partial charge on any atom is 0.338 e. The summed E-state index contributed by atoms with van der Waals surface area (Å²) in [6.07, 6.45) is 1.84. The van der Waals surface area contributed by atoms with Gasteiger partial charge in [0, 0.05) is 17.3 Å². The molecule has 0 heterocycles. The van der Waals surface area contributed by atoms with Gasteiger partial charge in [0.2, 0.25) is 5.91 Å². The quantitative estimate of drug-likeness (QED) is 0.367. The average molecular weight is 442 g/mol. The van der Waals surface area contributed by atoms with Gasteiger partial charge in [-0.05, 0) is 73.5 Å². The summed E-state index contributed by atoms with van der Waals surface area (Å²) < 4.78 is 5.07. The number of rotatable bonds is 8. The van der Waals surface area contributed by atoms with Gasteiger partial charge in [-0.2, -0.15) is 10.2 Å². The molecule has 2 N–H and O–H groups in total. The molecule has 0 saturated heterocycles. The van der Waals surface area contributed by atoms with Crippen molar-refractivity contribution in [1.29, 1.82) is 0 Å². The fourth-order valence-corrected chi connectivity index (χ4v) is 2.91. The van der Waals surface area contributed by atoms with E-state index in [0.29, 0.717) is 22.6 Å². The first-order valence-electron chi connectivity index (χ1n) is 10.5. The summed E-state index contributed by atoms with van der Waals surface area (Å²) in [6, 6.07) is 22.5. The van der Waals surface area contributed by atoms with Crippen molar-refractivity contribution in [3.63, 3.8) is 0 Å². The van der Waals surface area contributed by atoms with Gasteiger partial charge in [0.15, 0.2) is 6.61 Å². The zero-order valence-electron chi connectivity index (χ0n) is 17.7. The number of esters is 1. The van der Waals surface area contributed by atoms with E-state index in [1.54, 1.807) is 48.5 Å². The third-order valence-corrected chi connectivity index (χ3v) is 4.86. The predicted octanol–water partition coefficient (Wildman–Crippen LogP) is 5.25. The van der Waals surface area contributed by atoms with Crippen LogP contribution in [0.25, 0.3) is 0 Å². The van der Waals surface area contributed by atoms with Gasteiger partial charge in [0.1, 0.15) is 0 Å². The van der Waals surface area contributed by atoms with Crippen molar-refractivity contribution in [2.24, 2.45) is 16.1 Å². The van der Waals surface area contributed by atoms with Crippen LogP contribution in [0.3, 0.4) is 0 Å². The van der Waals surface area contributed by atoms with Crippen LogP contribution in [-0.2, 0) is 14.3 Å². The Hall–Kier alpha value is -4.33. The molecule has 3 aromatic rings. The van der Waals surface area contributed by atoms with Gasteiger partial charge in [0.25, 0.3) is 5.91 Å². The fraction of sp³-hybridized carbons (Fsp3) is 0.160. The first kappa shape index (κ1) is 21.9. The van der Waals surface area contributed by atoms with Crippen molar-refractivity contribution >= 4 is 40.5 Å². The Bertz CT molecular complexity index is 1160. The first-order valence-corrected chi connectivity index (χ1v) is 10.5. The standard InChI is InChI=1S/C25H22N4O4/c30-23(26-19-12-14-22(15-13-19)29-28-21-4-2-1-3-5-21)16-33-25(32)18-8-10-20(11-9-18)27-24(31)17-6-7-17/h1-5,8-15,17H,6-7,16H2,(H,26,30)(H,27,31). The van der Waals surface area contributed by atoms with Crippen molar-refractivity contribution in [3.8, 4) is 0 Å². The van der Waals surface area contributed by atoms with E-state index in [2.05, 4.69) is 20.9 Å². The summed E-state index contributed by atoms with van der Waals surface area (Å²) in [4.78, 5) is 36.1. The Morgan fingerprint density at radius 1 is 0.758 bits per heavy atom. The lowest BCUT2D eigenvalue weighted by atomic mass is 10.2. The second kappa shape index (κ2) is 10.3. The number of amides is 2. The molecular formula is C25H22N4O4. The van der Waals surface area contributed by atoms with Crippen LogP contribution in [0.5, 0.6) is 0 Å². The number of carbonyl (C=O) groups is 3. The molecule has 0 atom stereocenters. The van der Waals surface area contributed by atoms with Crippen LogP contribution in [0, 0.1) is 5.92 Å². The summed E-state index contributed by atoms with van der Waals surface area (Å²) in [7, 11) is 0. The fourth-order valence-electron chi connectivity index (χ4n) is 2.91. The number of benzene rings is 3. The highest BCUT2D eigenvalue weighted by atomic mass is 16.5. The van der Waals surface area contributed by atoms with E-state index in [9.17, 15) is 14.4 Å². The van der Waals surface area contributed by atoms with Crippen molar-refractivity contribution in [1.82, 2.24) is 0 Å². The highest BCUT2D eigenvalue weighted by Gasteiger charge is 2.29. The van der Waals surface area contributed by atoms with E-state index in [1.807, 2.05) is 30.3 Å². The topological polar surface area (TPSA) is 109 Å². The van der Waals surface area contributed by atoms with E-state index < -0.39 is 18.5 Å². The number of anilines is 2. The van der Waals surface area contributed by atoms with Crippen LogP contribution < -0.4 is 10.6 Å². The van der Waals surface area contributed by atoms with E-state index in [4.69, 9.17) is 4.74 Å². The minimum Gasteiger partial charge on any atom is -0.452 e. The molecule has 1 aliphatic carbocycles. The van der Waals surface area contributed by atoms with E-state index in [-0.39, 0.29) is 11.8 Å². The highest BCUT2D eigenvalue weighted by Crippen LogP contribution is 2.30. The van der Waals surface area contributed by atoms with Crippen LogP contribution in [-0.4, -0.2) is 24.4 Å². The van der Waals surface area contributed by atoms with Crippen molar-refractivity contribution in [2.45, 2.75) is 12.8 Å². The summed E-state index contributed by atoms with van der Waals surface area (Å²) in [5, 5.41) is 13.7. The lowest BCUT2D eigenvalue weighted by Crippen LogP contribution is -2.21. The maximum absolute atomic E-state index is 12.2. The zero-order chi connectivity index (χ0) is 23.0. The normalized spacial score (nSPS) is 12.8. The Morgan fingerprint density at radius 3 is 1.97 bits per heavy atom. The van der Waals surface area contributed by atoms with Gasteiger partial charge in [-0.3, -0.25) is 9.59 Å². The van der Waals surface area contributed by atoms with Crippen LogP contribution in [0.1, 0.15) is 23.2 Å². The molecule has 8 nitrogen and oxygen atoms in total. The molecule has 0 aromatic heterocycles. The number of azo groups is 1. The summed E-state index contributed by atoms with van der Waals surface area (Å²) in [5.41, 5.74) is 2.84. The third kappa shape index (κ3) is 6.57. The van der Waals surface area contributed by atoms with Gasteiger partial charge >= 0.3 is 5.97 Å². The Kier molecular flexibility index (Phi) is 6.84. The van der Waals surface area contributed by atoms with Crippen molar-refractivity contribution in [2.75, 3.05) is 17.2 Å². The second-order valence-electron chi connectivity index (χ2n) is 7.55. The minimum absolute atomic E-state index is 0.00529. The number of hydrogen-bond donors (Lipinski definition) is 2. The van der Waals surface area contributed by atoms with Crippen LogP contribution in [0.15, 0.2) is 89.1 Å². The molecule has 8 heteroatoms. The molecule has 0 aliphatic heterocycles. The molecule has 33 heavy (non-hydrogen) atoms. The van der Waals surface area contributed by atoms with Gasteiger partial charge in [-0.15, -0.1) is 0 Å². The van der Waals surface area contributed by atoms with Gasteiger partial charge in [-0.25, -0.2) is 4.79 Å². The Morgan fingerprint density at radius 2 is 1.33 bits per heavy atom. The number of hydrogen-bond acceptors (Lipinski definition) is 6. The third-order valence-electron chi connectivity index (χ3n) is 4.86. The van der Waals surface area contributed by atoms with Gasteiger partial charge < -0.3 is 15.4 Å². The van der Waals surface area contributed by atoms with E-state index in [0.717, 1.165) is 18.5 Å². The minimum atomic E-state index is -0.623. The first-order chi connectivity index (χ1) is 16.1. The molecule has 166 valence electrons. The molecule has 0 unspecified atom stereocenters. The zero-order valence-corrected chi connectivity index (χ0v) is 17.7. The maximum atomic E-state index is 12.2. The molecule has 3 aromatic carbocycles. The van der Waals surface area contributed by atoms with Crippen LogP contribution in [0.4, 0.5) is 22.7 Å². The summed E-state index contributed by atoms with van der Waals surface area (Å²) >= 11 is 0. The molecule has 1 saturated carbocycles. The Labute approximate surface area is 190 Å². The largest absolute Gasteiger partial charge is 0.452 e. The van der Waals surface area contributed by atoms with Gasteiger partial charge in [-0.1, -0.05) is 18.2 Å². The van der Waals surface area contributed by atoms with Gasteiger partial charge in [0.05, 0.1) is 16.9 Å². The van der Waals surface area contributed by atoms with E-state index >= 15 is 0 Å². The molecule has 0 spiro atoms. The Balaban J connectivity index is 1.22. The summed E-state index contributed by atoms with van der Waals surface area (Å²) in [5.74, 6) is -0.991. The number of carbonyl (C=O) groups excluding carboxylic acids is 3. The molecule has 2 amide bonds. The molecule has 4 rings (SSSR count). The smallest absolute Gasteiger partial charge is 0.338 e. The summed E-state index contributed by atoms with van der Waals surface area (Å²) in [6.45, 7) is -0.422. The lowest BCUT2D eigenvalue weighted by molar-refractivity contribution is -0.119. The second-order valence-corrected chi connectivity index (χ2v) is 7.55. The molecule has 1 aliphatic rings. The van der Waals surface area contributed by atoms with Crippen LogP contribution >= 0.6 is 0 Å². The predicted molar refractivity (Wildman–Crippen MR) is 124 cm³/mol. The SMILES string of the molecule is O=C(COC(=O)c1ccc(NC(=O)C2CC2)cc1)Nc1ccc(N=Nc2ccccc2)cc1. The molecule has 0 radical (unpaired) electrons. The number of nitrogens with one attached hydrogen (secondary N) is 2. The number of ether oxygens (including phenoxy) is 1. The van der Waals surface area contributed by atoms with Crippen molar-refractivity contribution in [3.05, 3.63) is 84.4 Å². The monoisotopic (exact) mass is 442 g/mol. The molecule has 0 bridgehead atoms. The van der Waals surface area contributed by atoms with Crippen molar-refractivity contribution < 1.29 is 19.1 Å². The average Bonchev–Trinajstić information content (AvgIpc) is 3.69. The van der Waals surface area contributed by atoms with E-state index in [1.165, 1.54) is 0 Å². The number of nitrogens with zero attached hydrogens (tertiary/aromatic N) is 2. The van der Waals surface area contributed by atoms with Crippen LogP contribution in [0.2, 0.25) is 0 Å². The molecular weight excluding hydrogens is 420 g/mol. The highest BCUT2D eigenvalue weighted by molar-refractivity contribution is 5.97. The molecule has 1 fully saturated rings. The lowest BCUT2D eigenvalue weighted by Gasteiger charge is -2.08.